The molecule has 2 nitrogen and oxygen atoms in total. The van der Waals surface area contributed by atoms with E-state index < -0.39 is 6.10 Å². The van der Waals surface area contributed by atoms with Gasteiger partial charge in [0.15, 0.2) is 0 Å². The zero-order valence-corrected chi connectivity index (χ0v) is 10.9. The van der Waals surface area contributed by atoms with Crippen LogP contribution in [0.3, 0.4) is 0 Å². The Kier molecular flexibility index (Phi) is 3.80. The van der Waals surface area contributed by atoms with Crippen LogP contribution in [0.5, 0.6) is 0 Å². The van der Waals surface area contributed by atoms with Gasteiger partial charge >= 0.3 is 0 Å². The van der Waals surface area contributed by atoms with Gasteiger partial charge in [-0.1, -0.05) is 36.4 Å². The fourth-order valence-corrected chi connectivity index (χ4v) is 1.98. The predicted octanol–water partition coefficient (Wildman–Crippen LogP) is 2.96. The monoisotopic (exact) mass is 241 g/mol. The Hall–Kier alpha value is -1.64. The van der Waals surface area contributed by atoms with Crippen LogP contribution < -0.4 is 5.73 Å². The van der Waals surface area contributed by atoms with Gasteiger partial charge in [0, 0.05) is 6.54 Å². The average molecular weight is 241 g/mol. The first-order chi connectivity index (χ1) is 8.61. The van der Waals surface area contributed by atoms with Crippen molar-refractivity contribution < 1.29 is 5.11 Å². The third-order valence-corrected chi connectivity index (χ3v) is 3.33. The first-order valence-corrected chi connectivity index (χ1v) is 6.17. The summed E-state index contributed by atoms with van der Waals surface area (Å²) in [6.45, 7) is 4.46. The summed E-state index contributed by atoms with van der Waals surface area (Å²) in [5.74, 6) is 0. The molecule has 18 heavy (non-hydrogen) atoms. The molecular weight excluding hydrogens is 222 g/mol. The Morgan fingerprint density at radius 1 is 1.00 bits per heavy atom. The Balaban J connectivity index is 2.41. The Bertz CT molecular complexity index is 549. The van der Waals surface area contributed by atoms with Crippen molar-refractivity contribution in [2.75, 3.05) is 6.54 Å². The summed E-state index contributed by atoms with van der Waals surface area (Å²) in [6.07, 6.45) is -0.587. The number of rotatable bonds is 3. The molecule has 1 unspecified atom stereocenters. The van der Waals surface area contributed by atoms with E-state index in [9.17, 15) is 5.11 Å². The van der Waals surface area contributed by atoms with Crippen molar-refractivity contribution in [2.45, 2.75) is 20.0 Å². The standard InChI is InChI=1S/C16H19NO/c1-11-6-7-14(8-12(11)2)13-4-3-5-15(9-13)16(18)10-17/h3-9,16,18H,10,17H2,1-2H3. The Morgan fingerprint density at radius 3 is 2.39 bits per heavy atom. The fourth-order valence-electron chi connectivity index (χ4n) is 1.98. The number of benzene rings is 2. The summed E-state index contributed by atoms with van der Waals surface area (Å²) < 4.78 is 0. The van der Waals surface area contributed by atoms with Gasteiger partial charge in [-0.25, -0.2) is 0 Å². The van der Waals surface area contributed by atoms with Gasteiger partial charge in [0.1, 0.15) is 0 Å². The van der Waals surface area contributed by atoms with Gasteiger partial charge in [0.25, 0.3) is 0 Å². The van der Waals surface area contributed by atoms with Gasteiger partial charge in [0.05, 0.1) is 6.10 Å². The van der Waals surface area contributed by atoms with Crippen LogP contribution in [-0.4, -0.2) is 11.7 Å². The van der Waals surface area contributed by atoms with Gasteiger partial charge < -0.3 is 10.8 Å². The van der Waals surface area contributed by atoms with Crippen molar-refractivity contribution in [3.63, 3.8) is 0 Å². The molecule has 3 N–H and O–H groups in total. The van der Waals surface area contributed by atoms with Crippen LogP contribution in [0, 0.1) is 13.8 Å². The molecule has 0 aliphatic rings. The molecule has 0 spiro atoms. The number of nitrogens with two attached hydrogens (primary N) is 1. The van der Waals surface area contributed by atoms with Crippen molar-refractivity contribution in [2.24, 2.45) is 5.73 Å². The molecule has 0 amide bonds. The number of hydrogen-bond donors (Lipinski definition) is 2. The van der Waals surface area contributed by atoms with Gasteiger partial charge in [-0.05, 0) is 47.7 Å². The van der Waals surface area contributed by atoms with Crippen molar-refractivity contribution in [1.82, 2.24) is 0 Å². The minimum atomic E-state index is -0.587. The van der Waals surface area contributed by atoms with Crippen molar-refractivity contribution in [1.29, 1.82) is 0 Å². The van der Waals surface area contributed by atoms with E-state index in [-0.39, 0.29) is 6.54 Å². The van der Waals surface area contributed by atoms with Gasteiger partial charge in [-0.15, -0.1) is 0 Å². The zero-order valence-electron chi connectivity index (χ0n) is 10.9. The first-order valence-electron chi connectivity index (χ1n) is 6.17. The Morgan fingerprint density at radius 2 is 1.72 bits per heavy atom. The molecule has 0 saturated carbocycles. The van der Waals surface area contributed by atoms with E-state index in [4.69, 9.17) is 5.73 Å². The first kappa shape index (κ1) is 12.8. The van der Waals surface area contributed by atoms with Crippen LogP contribution in [0.2, 0.25) is 0 Å². The lowest BCUT2D eigenvalue weighted by atomic mass is 9.98. The summed E-state index contributed by atoms with van der Waals surface area (Å²) in [4.78, 5) is 0. The van der Waals surface area contributed by atoms with Crippen molar-refractivity contribution in [3.8, 4) is 11.1 Å². The summed E-state index contributed by atoms with van der Waals surface area (Å²) in [5.41, 5.74) is 11.2. The van der Waals surface area contributed by atoms with E-state index in [0.717, 1.165) is 11.1 Å². The second-order valence-corrected chi connectivity index (χ2v) is 4.68. The van der Waals surface area contributed by atoms with E-state index in [1.807, 2.05) is 18.2 Å². The molecule has 0 aromatic heterocycles. The second-order valence-electron chi connectivity index (χ2n) is 4.68. The van der Waals surface area contributed by atoms with Crippen LogP contribution in [0.25, 0.3) is 11.1 Å². The quantitative estimate of drug-likeness (QED) is 0.867. The maximum absolute atomic E-state index is 9.77. The smallest absolute Gasteiger partial charge is 0.0912 e. The lowest BCUT2D eigenvalue weighted by Crippen LogP contribution is -2.11. The molecule has 0 heterocycles. The van der Waals surface area contributed by atoms with Crippen LogP contribution in [-0.2, 0) is 0 Å². The molecule has 0 fully saturated rings. The minimum Gasteiger partial charge on any atom is -0.387 e. The molecule has 0 aliphatic carbocycles. The zero-order chi connectivity index (χ0) is 13.1. The topological polar surface area (TPSA) is 46.2 Å². The van der Waals surface area contributed by atoms with Crippen LogP contribution >= 0.6 is 0 Å². The number of aryl methyl sites for hydroxylation is 2. The number of aliphatic hydroxyl groups is 1. The maximum Gasteiger partial charge on any atom is 0.0912 e. The SMILES string of the molecule is Cc1ccc(-c2cccc(C(O)CN)c2)cc1C. The molecular formula is C16H19NO. The van der Waals surface area contributed by atoms with Crippen molar-refractivity contribution in [3.05, 3.63) is 59.2 Å². The van der Waals surface area contributed by atoms with E-state index in [1.54, 1.807) is 0 Å². The number of aliphatic hydroxyl groups excluding tert-OH is 1. The molecule has 1 atom stereocenters. The third kappa shape index (κ3) is 2.61. The predicted molar refractivity (Wildman–Crippen MR) is 75.4 cm³/mol. The van der Waals surface area contributed by atoms with Crippen LogP contribution in [0.15, 0.2) is 42.5 Å². The van der Waals surface area contributed by atoms with Gasteiger partial charge in [0.2, 0.25) is 0 Å². The molecule has 2 aromatic rings. The van der Waals surface area contributed by atoms with E-state index in [0.29, 0.717) is 0 Å². The highest BCUT2D eigenvalue weighted by Crippen LogP contribution is 2.24. The van der Waals surface area contributed by atoms with Gasteiger partial charge in [-0.3, -0.25) is 0 Å². The molecule has 2 heteroatoms. The highest BCUT2D eigenvalue weighted by atomic mass is 16.3. The van der Waals surface area contributed by atoms with E-state index >= 15 is 0 Å². The van der Waals surface area contributed by atoms with E-state index in [1.165, 1.54) is 16.7 Å². The van der Waals surface area contributed by atoms with E-state index in [2.05, 4.69) is 38.1 Å². The van der Waals surface area contributed by atoms with Crippen molar-refractivity contribution >= 4 is 0 Å². The summed E-state index contributed by atoms with van der Waals surface area (Å²) in [7, 11) is 0. The maximum atomic E-state index is 9.77. The molecule has 0 radical (unpaired) electrons. The van der Waals surface area contributed by atoms with Gasteiger partial charge in [-0.2, -0.15) is 0 Å². The summed E-state index contributed by atoms with van der Waals surface area (Å²) >= 11 is 0. The Labute approximate surface area is 108 Å². The minimum absolute atomic E-state index is 0.246. The molecule has 0 bridgehead atoms. The molecule has 2 aromatic carbocycles. The molecule has 94 valence electrons. The normalized spacial score (nSPS) is 12.4. The van der Waals surface area contributed by atoms with Crippen LogP contribution in [0.1, 0.15) is 22.8 Å². The summed E-state index contributed by atoms with van der Waals surface area (Å²) in [5, 5.41) is 9.77. The fraction of sp³-hybridized carbons (Fsp3) is 0.250. The lowest BCUT2D eigenvalue weighted by Gasteiger charge is -2.11. The number of hydrogen-bond acceptors (Lipinski definition) is 2. The lowest BCUT2D eigenvalue weighted by molar-refractivity contribution is 0.187. The van der Waals surface area contributed by atoms with Crippen LogP contribution in [0.4, 0.5) is 0 Å². The molecule has 0 aliphatic heterocycles. The summed E-state index contributed by atoms with van der Waals surface area (Å²) in [6, 6.07) is 14.3. The molecule has 0 saturated heterocycles. The second kappa shape index (κ2) is 5.34. The highest BCUT2D eigenvalue weighted by molar-refractivity contribution is 5.65. The average Bonchev–Trinajstić information content (AvgIpc) is 2.41. The largest absolute Gasteiger partial charge is 0.387 e. The molecule has 2 rings (SSSR count). The third-order valence-electron chi connectivity index (χ3n) is 3.33. The highest BCUT2D eigenvalue weighted by Gasteiger charge is 2.06.